The third kappa shape index (κ3) is 0.883. The fourth-order valence-electron chi connectivity index (χ4n) is 3.22. The Morgan fingerprint density at radius 3 is 2.57 bits per heavy atom. The van der Waals surface area contributed by atoms with Crippen molar-refractivity contribution in [1.29, 1.82) is 0 Å². The van der Waals surface area contributed by atoms with Crippen LogP contribution in [0.15, 0.2) is 12.5 Å². The molecule has 3 rings (SSSR count). The van der Waals surface area contributed by atoms with Gasteiger partial charge in [-0.2, -0.15) is 0 Å². The molecule has 2 unspecified atom stereocenters. The maximum absolute atomic E-state index is 10.6. The van der Waals surface area contributed by atoms with Crippen LogP contribution < -0.4 is 0 Å². The van der Waals surface area contributed by atoms with E-state index in [1.54, 1.807) is 6.33 Å². The lowest BCUT2D eigenvalue weighted by atomic mass is 10.0. The molecule has 2 aliphatic rings. The molecule has 0 spiro atoms. The lowest BCUT2D eigenvalue weighted by molar-refractivity contribution is 0.110. The van der Waals surface area contributed by atoms with Gasteiger partial charge in [-0.05, 0) is 24.7 Å². The molecule has 3 nitrogen and oxygen atoms in total. The highest BCUT2D eigenvalue weighted by Crippen LogP contribution is 2.64. The summed E-state index contributed by atoms with van der Waals surface area (Å²) in [6.07, 6.45) is 8.53. The van der Waals surface area contributed by atoms with E-state index in [2.05, 4.69) is 4.98 Å². The summed E-state index contributed by atoms with van der Waals surface area (Å²) in [4.78, 5) is 4.09. The van der Waals surface area contributed by atoms with Gasteiger partial charge in [-0.3, -0.25) is 0 Å². The second-order valence-electron chi connectivity index (χ2n) is 4.71. The number of nitrogens with zero attached hydrogens (tertiary/aromatic N) is 2. The van der Waals surface area contributed by atoms with E-state index >= 15 is 0 Å². The van der Waals surface area contributed by atoms with Crippen molar-refractivity contribution < 1.29 is 5.11 Å². The topological polar surface area (TPSA) is 38.0 Å². The fraction of sp³-hybridized carbons (Fsp3) is 0.727. The van der Waals surface area contributed by atoms with E-state index in [1.807, 2.05) is 17.8 Å². The molecule has 2 aliphatic carbocycles. The largest absolute Gasteiger partial charge is 0.383 e. The molecule has 0 aromatic carbocycles. The van der Waals surface area contributed by atoms with Gasteiger partial charge in [0.25, 0.3) is 0 Å². The summed E-state index contributed by atoms with van der Waals surface area (Å²) in [5.74, 6) is 1.01. The molecule has 0 bridgehead atoms. The Labute approximate surface area is 83.8 Å². The minimum atomic E-state index is -0.540. The van der Waals surface area contributed by atoms with Crippen LogP contribution in [0, 0.1) is 11.8 Å². The summed E-state index contributed by atoms with van der Waals surface area (Å²) in [7, 11) is 1.96. The minimum Gasteiger partial charge on any atom is -0.383 e. The van der Waals surface area contributed by atoms with Crippen molar-refractivity contribution in [3.8, 4) is 0 Å². The molecule has 3 heteroatoms. The van der Waals surface area contributed by atoms with Crippen molar-refractivity contribution in [3.63, 3.8) is 0 Å². The molecule has 2 atom stereocenters. The van der Waals surface area contributed by atoms with Gasteiger partial charge >= 0.3 is 0 Å². The monoisotopic (exact) mass is 192 g/mol. The number of fused-ring (bicyclic) bond motifs is 1. The number of imidazole rings is 1. The standard InChI is InChI=1S/C11H16N2O/c1-13-7-12-6-10(13)11(14)8-4-2-3-5-9(8)11/h6-9,14H,2-5H2,1H3. The molecule has 2 fully saturated rings. The Hall–Kier alpha value is -0.830. The molecule has 14 heavy (non-hydrogen) atoms. The normalized spacial score (nSPS) is 40.7. The van der Waals surface area contributed by atoms with Gasteiger partial charge in [0.2, 0.25) is 0 Å². The molecule has 1 heterocycles. The molecule has 2 saturated carbocycles. The number of aromatic nitrogens is 2. The second-order valence-corrected chi connectivity index (χ2v) is 4.71. The smallest absolute Gasteiger partial charge is 0.112 e. The van der Waals surface area contributed by atoms with Gasteiger partial charge < -0.3 is 9.67 Å². The number of rotatable bonds is 1. The zero-order chi connectivity index (χ0) is 9.76. The van der Waals surface area contributed by atoms with Crippen molar-refractivity contribution in [1.82, 2.24) is 9.55 Å². The zero-order valence-electron chi connectivity index (χ0n) is 8.48. The molecular formula is C11H16N2O. The van der Waals surface area contributed by atoms with Gasteiger partial charge in [0.1, 0.15) is 5.60 Å². The van der Waals surface area contributed by atoms with Gasteiger partial charge in [-0.25, -0.2) is 4.98 Å². The fourth-order valence-corrected chi connectivity index (χ4v) is 3.22. The van der Waals surface area contributed by atoms with Crippen LogP contribution in [-0.2, 0) is 12.6 Å². The van der Waals surface area contributed by atoms with E-state index in [4.69, 9.17) is 0 Å². The van der Waals surface area contributed by atoms with Crippen LogP contribution >= 0.6 is 0 Å². The van der Waals surface area contributed by atoms with Crippen LogP contribution in [0.2, 0.25) is 0 Å². The quantitative estimate of drug-likeness (QED) is 0.731. The molecule has 76 valence electrons. The third-order valence-corrected chi connectivity index (χ3v) is 4.01. The highest BCUT2D eigenvalue weighted by molar-refractivity contribution is 5.26. The van der Waals surface area contributed by atoms with Gasteiger partial charge in [-0.15, -0.1) is 0 Å². The minimum absolute atomic E-state index is 0.506. The van der Waals surface area contributed by atoms with Crippen LogP contribution in [0.1, 0.15) is 31.4 Å². The van der Waals surface area contributed by atoms with E-state index in [0.29, 0.717) is 11.8 Å². The van der Waals surface area contributed by atoms with E-state index in [9.17, 15) is 5.11 Å². The molecule has 0 saturated heterocycles. The first-order chi connectivity index (χ1) is 6.74. The molecular weight excluding hydrogens is 176 g/mol. The molecule has 1 N–H and O–H groups in total. The summed E-state index contributed by atoms with van der Waals surface area (Å²) in [5.41, 5.74) is 0.469. The van der Waals surface area contributed by atoms with E-state index in [0.717, 1.165) is 5.69 Å². The first kappa shape index (κ1) is 8.48. The van der Waals surface area contributed by atoms with Crippen LogP contribution in [0.25, 0.3) is 0 Å². The summed E-state index contributed by atoms with van der Waals surface area (Å²) in [6.45, 7) is 0. The van der Waals surface area contributed by atoms with Crippen molar-refractivity contribution in [2.45, 2.75) is 31.3 Å². The van der Waals surface area contributed by atoms with Crippen LogP contribution in [0.5, 0.6) is 0 Å². The van der Waals surface area contributed by atoms with Gasteiger partial charge in [-0.1, -0.05) is 12.8 Å². The van der Waals surface area contributed by atoms with Crippen LogP contribution in [0.3, 0.4) is 0 Å². The Morgan fingerprint density at radius 1 is 1.43 bits per heavy atom. The molecule has 1 aromatic rings. The number of hydrogen-bond donors (Lipinski definition) is 1. The average Bonchev–Trinajstić information content (AvgIpc) is 2.57. The van der Waals surface area contributed by atoms with Crippen molar-refractivity contribution >= 4 is 0 Å². The Morgan fingerprint density at radius 2 is 2.07 bits per heavy atom. The summed E-state index contributed by atoms with van der Waals surface area (Å²) < 4.78 is 1.96. The maximum Gasteiger partial charge on any atom is 0.112 e. The van der Waals surface area contributed by atoms with Crippen LogP contribution in [0.4, 0.5) is 0 Å². The number of hydrogen-bond acceptors (Lipinski definition) is 2. The third-order valence-electron chi connectivity index (χ3n) is 4.01. The Kier molecular flexibility index (Phi) is 1.57. The van der Waals surface area contributed by atoms with Gasteiger partial charge in [0.05, 0.1) is 18.2 Å². The molecule has 0 aliphatic heterocycles. The van der Waals surface area contributed by atoms with Crippen molar-refractivity contribution in [3.05, 3.63) is 18.2 Å². The summed E-state index contributed by atoms with van der Waals surface area (Å²) in [6, 6.07) is 0. The Balaban J connectivity index is 1.96. The predicted octanol–water partition coefficient (Wildman–Crippen LogP) is 1.43. The SMILES string of the molecule is Cn1cncc1C1(O)C2CCCCC21. The summed E-state index contributed by atoms with van der Waals surface area (Å²) >= 11 is 0. The lowest BCUT2D eigenvalue weighted by Crippen LogP contribution is -2.14. The zero-order valence-corrected chi connectivity index (χ0v) is 8.48. The average molecular weight is 192 g/mol. The molecule has 0 radical (unpaired) electrons. The highest BCUT2D eigenvalue weighted by Gasteiger charge is 2.65. The molecule has 0 amide bonds. The maximum atomic E-state index is 10.6. The second kappa shape index (κ2) is 2.60. The first-order valence-corrected chi connectivity index (χ1v) is 5.43. The van der Waals surface area contributed by atoms with Crippen LogP contribution in [-0.4, -0.2) is 14.7 Å². The van der Waals surface area contributed by atoms with Gasteiger partial charge in [0.15, 0.2) is 0 Å². The Bertz CT molecular complexity index is 346. The highest BCUT2D eigenvalue weighted by atomic mass is 16.3. The van der Waals surface area contributed by atoms with E-state index in [1.165, 1.54) is 25.7 Å². The van der Waals surface area contributed by atoms with E-state index < -0.39 is 5.60 Å². The van der Waals surface area contributed by atoms with Crippen molar-refractivity contribution in [2.75, 3.05) is 0 Å². The first-order valence-electron chi connectivity index (χ1n) is 5.43. The summed E-state index contributed by atoms with van der Waals surface area (Å²) in [5, 5.41) is 10.6. The van der Waals surface area contributed by atoms with Gasteiger partial charge in [0, 0.05) is 7.05 Å². The van der Waals surface area contributed by atoms with E-state index in [-0.39, 0.29) is 0 Å². The predicted molar refractivity (Wildman–Crippen MR) is 52.6 cm³/mol. The molecule has 1 aromatic heterocycles. The van der Waals surface area contributed by atoms with Crippen molar-refractivity contribution in [2.24, 2.45) is 18.9 Å². The lowest BCUT2D eigenvalue weighted by Gasteiger charge is -2.10. The number of aryl methyl sites for hydroxylation is 1. The number of aliphatic hydroxyl groups is 1.